The van der Waals surface area contributed by atoms with Crippen LogP contribution in [0, 0.1) is 11.8 Å². The topological polar surface area (TPSA) is 20.2 Å². The number of rotatable bonds is 0. The minimum atomic E-state index is -0.116. The monoisotopic (exact) mass is 126 g/mol. The van der Waals surface area contributed by atoms with Crippen LogP contribution < -0.4 is 0 Å². The minimum absolute atomic E-state index is 0.116. The molecule has 9 heavy (non-hydrogen) atoms. The molecule has 0 radical (unpaired) electrons. The lowest BCUT2D eigenvalue weighted by Gasteiger charge is -2.25. The van der Waals surface area contributed by atoms with Crippen LogP contribution in [0.25, 0.3) is 0 Å². The minimum Gasteiger partial charge on any atom is -0.392 e. The van der Waals surface area contributed by atoms with E-state index < -0.39 is 0 Å². The highest BCUT2D eigenvalue weighted by atomic mass is 16.3. The molecule has 0 heterocycles. The van der Waals surface area contributed by atoms with Crippen molar-refractivity contribution >= 4 is 0 Å². The van der Waals surface area contributed by atoms with E-state index >= 15 is 0 Å². The Morgan fingerprint density at radius 2 is 2.11 bits per heavy atom. The van der Waals surface area contributed by atoms with Crippen LogP contribution in [0.3, 0.4) is 0 Å². The molecule has 1 nitrogen and oxygen atoms in total. The molecule has 0 bridgehead atoms. The van der Waals surface area contributed by atoms with Crippen LogP contribution in [0.1, 0.15) is 20.3 Å². The van der Waals surface area contributed by atoms with Crippen molar-refractivity contribution in [1.29, 1.82) is 0 Å². The maximum atomic E-state index is 9.39. The summed E-state index contributed by atoms with van der Waals surface area (Å²) >= 11 is 0. The summed E-state index contributed by atoms with van der Waals surface area (Å²) in [6, 6.07) is 0. The van der Waals surface area contributed by atoms with Crippen LogP contribution >= 0.6 is 0 Å². The zero-order chi connectivity index (χ0) is 6.85. The smallest absolute Gasteiger partial charge is 0.0628 e. The number of allylic oxidation sites excluding steroid dienone is 1. The predicted octanol–water partition coefficient (Wildman–Crippen LogP) is 1.58. The van der Waals surface area contributed by atoms with Gasteiger partial charge in [-0.15, -0.1) is 0 Å². The van der Waals surface area contributed by atoms with Gasteiger partial charge in [0, 0.05) is 5.92 Å². The third-order valence-corrected chi connectivity index (χ3v) is 2.07. The fourth-order valence-electron chi connectivity index (χ4n) is 1.28. The summed E-state index contributed by atoms with van der Waals surface area (Å²) in [5.41, 5.74) is 0. The third kappa shape index (κ3) is 1.33. The molecule has 0 saturated carbocycles. The number of aliphatic hydroxyl groups is 1. The van der Waals surface area contributed by atoms with Crippen LogP contribution in [0.2, 0.25) is 0 Å². The first-order valence-electron chi connectivity index (χ1n) is 3.56. The zero-order valence-electron chi connectivity index (χ0n) is 6.04. The normalized spacial score (nSPS) is 43.2. The van der Waals surface area contributed by atoms with Gasteiger partial charge in [-0.1, -0.05) is 26.0 Å². The van der Waals surface area contributed by atoms with E-state index in [1.807, 2.05) is 0 Å². The van der Waals surface area contributed by atoms with Crippen molar-refractivity contribution in [3.63, 3.8) is 0 Å². The molecular formula is C8H14O. The van der Waals surface area contributed by atoms with E-state index in [4.69, 9.17) is 0 Å². The molecule has 0 spiro atoms. The van der Waals surface area contributed by atoms with Crippen molar-refractivity contribution in [1.82, 2.24) is 0 Å². The average Bonchev–Trinajstić information content (AvgIpc) is 1.83. The molecule has 1 rings (SSSR count). The molecule has 0 aromatic heterocycles. The largest absolute Gasteiger partial charge is 0.392 e. The maximum Gasteiger partial charge on any atom is 0.0628 e. The molecular weight excluding hydrogens is 112 g/mol. The van der Waals surface area contributed by atoms with Crippen LogP contribution in [0.5, 0.6) is 0 Å². The fourth-order valence-corrected chi connectivity index (χ4v) is 1.28. The summed E-state index contributed by atoms with van der Waals surface area (Å²) in [7, 11) is 0. The van der Waals surface area contributed by atoms with Gasteiger partial charge in [0.1, 0.15) is 0 Å². The number of hydrogen-bond acceptors (Lipinski definition) is 1. The van der Waals surface area contributed by atoms with Gasteiger partial charge >= 0.3 is 0 Å². The van der Waals surface area contributed by atoms with Crippen LogP contribution in [-0.4, -0.2) is 11.2 Å². The maximum absolute atomic E-state index is 9.39. The van der Waals surface area contributed by atoms with Gasteiger partial charge in [0.05, 0.1) is 6.10 Å². The molecule has 0 aliphatic heterocycles. The number of hydrogen-bond donors (Lipinski definition) is 1. The van der Waals surface area contributed by atoms with Gasteiger partial charge in [-0.3, -0.25) is 0 Å². The zero-order valence-corrected chi connectivity index (χ0v) is 6.04. The SMILES string of the molecule is C[C@@H]1CC=C[C@H](C)[C@@H]1O. The molecule has 1 N–H and O–H groups in total. The van der Waals surface area contributed by atoms with Crippen molar-refractivity contribution in [3.05, 3.63) is 12.2 Å². The van der Waals surface area contributed by atoms with Gasteiger partial charge < -0.3 is 5.11 Å². The quantitative estimate of drug-likeness (QED) is 0.488. The molecule has 1 heteroatoms. The van der Waals surface area contributed by atoms with Crippen LogP contribution in [0.15, 0.2) is 12.2 Å². The number of aliphatic hydroxyl groups excluding tert-OH is 1. The lowest BCUT2D eigenvalue weighted by Crippen LogP contribution is -2.26. The Labute approximate surface area is 56.4 Å². The predicted molar refractivity (Wildman–Crippen MR) is 38.1 cm³/mol. The van der Waals surface area contributed by atoms with Gasteiger partial charge in [0.15, 0.2) is 0 Å². The molecule has 3 atom stereocenters. The Balaban J connectivity index is 2.58. The summed E-state index contributed by atoms with van der Waals surface area (Å²) in [6.45, 7) is 4.14. The average molecular weight is 126 g/mol. The Bertz CT molecular complexity index is 118. The van der Waals surface area contributed by atoms with E-state index in [9.17, 15) is 5.11 Å². The molecule has 0 amide bonds. The molecule has 0 aromatic rings. The van der Waals surface area contributed by atoms with E-state index in [-0.39, 0.29) is 6.10 Å². The van der Waals surface area contributed by atoms with Gasteiger partial charge in [-0.2, -0.15) is 0 Å². The highest BCUT2D eigenvalue weighted by molar-refractivity contribution is 4.97. The Hall–Kier alpha value is -0.300. The van der Waals surface area contributed by atoms with E-state index in [0.717, 1.165) is 6.42 Å². The highest BCUT2D eigenvalue weighted by Crippen LogP contribution is 2.22. The van der Waals surface area contributed by atoms with E-state index in [0.29, 0.717) is 11.8 Å². The van der Waals surface area contributed by atoms with E-state index in [2.05, 4.69) is 26.0 Å². The Morgan fingerprint density at radius 1 is 1.44 bits per heavy atom. The summed E-state index contributed by atoms with van der Waals surface area (Å²) in [6.07, 6.45) is 5.16. The van der Waals surface area contributed by atoms with Gasteiger partial charge in [-0.25, -0.2) is 0 Å². The first-order valence-corrected chi connectivity index (χ1v) is 3.56. The highest BCUT2D eigenvalue weighted by Gasteiger charge is 2.20. The van der Waals surface area contributed by atoms with Crippen molar-refractivity contribution in [3.8, 4) is 0 Å². The Kier molecular flexibility index (Phi) is 1.91. The summed E-state index contributed by atoms with van der Waals surface area (Å²) in [5.74, 6) is 0.804. The second-order valence-corrected chi connectivity index (χ2v) is 2.99. The van der Waals surface area contributed by atoms with Crippen molar-refractivity contribution in [2.45, 2.75) is 26.4 Å². The van der Waals surface area contributed by atoms with Crippen LogP contribution in [-0.2, 0) is 0 Å². The van der Waals surface area contributed by atoms with Crippen LogP contribution in [0.4, 0.5) is 0 Å². The summed E-state index contributed by atoms with van der Waals surface area (Å²) in [5, 5.41) is 9.39. The summed E-state index contributed by atoms with van der Waals surface area (Å²) < 4.78 is 0. The van der Waals surface area contributed by atoms with Crippen molar-refractivity contribution in [2.75, 3.05) is 0 Å². The molecule has 0 unspecified atom stereocenters. The molecule has 1 aliphatic rings. The van der Waals surface area contributed by atoms with Crippen molar-refractivity contribution in [2.24, 2.45) is 11.8 Å². The second kappa shape index (κ2) is 2.53. The van der Waals surface area contributed by atoms with Gasteiger partial charge in [0.25, 0.3) is 0 Å². The summed E-state index contributed by atoms with van der Waals surface area (Å²) in [4.78, 5) is 0. The molecule has 0 aromatic carbocycles. The lowest BCUT2D eigenvalue weighted by molar-refractivity contribution is 0.0780. The first-order chi connectivity index (χ1) is 4.22. The molecule has 0 saturated heterocycles. The lowest BCUT2D eigenvalue weighted by atomic mass is 9.86. The first kappa shape index (κ1) is 6.81. The van der Waals surface area contributed by atoms with Gasteiger partial charge in [0.2, 0.25) is 0 Å². The van der Waals surface area contributed by atoms with E-state index in [1.165, 1.54) is 0 Å². The Morgan fingerprint density at radius 3 is 2.56 bits per heavy atom. The molecule has 1 aliphatic carbocycles. The van der Waals surface area contributed by atoms with E-state index in [1.54, 1.807) is 0 Å². The molecule has 52 valence electrons. The molecule has 0 fully saturated rings. The fraction of sp³-hybridized carbons (Fsp3) is 0.750. The third-order valence-electron chi connectivity index (χ3n) is 2.07. The second-order valence-electron chi connectivity index (χ2n) is 2.99. The van der Waals surface area contributed by atoms with Crippen molar-refractivity contribution < 1.29 is 5.11 Å². The van der Waals surface area contributed by atoms with Gasteiger partial charge in [-0.05, 0) is 12.3 Å². The standard InChI is InChI=1S/C8H14O/c1-6-4-3-5-7(2)8(6)9/h3-4,6-9H,5H2,1-2H3/t6-,7+,8-/m0/s1.